The van der Waals surface area contributed by atoms with Crippen molar-refractivity contribution in [2.75, 3.05) is 5.73 Å². The molecule has 1 aromatic carbocycles. The van der Waals surface area contributed by atoms with E-state index in [1.54, 1.807) is 6.20 Å². The van der Waals surface area contributed by atoms with Gasteiger partial charge < -0.3 is 5.73 Å². The third-order valence-electron chi connectivity index (χ3n) is 2.59. The molecule has 0 aliphatic heterocycles. The van der Waals surface area contributed by atoms with Crippen molar-refractivity contribution in [3.8, 4) is 11.1 Å². The first-order chi connectivity index (χ1) is 7.84. The summed E-state index contributed by atoms with van der Waals surface area (Å²) in [5.74, 6) is 0.528. The third kappa shape index (κ3) is 1.32. The van der Waals surface area contributed by atoms with Gasteiger partial charge >= 0.3 is 0 Å². The molecule has 0 amide bonds. The fourth-order valence-corrected chi connectivity index (χ4v) is 1.75. The second kappa shape index (κ2) is 3.34. The van der Waals surface area contributed by atoms with Crippen molar-refractivity contribution in [1.29, 1.82) is 0 Å². The van der Waals surface area contributed by atoms with Crippen LogP contribution in [-0.2, 0) is 0 Å². The monoisotopic (exact) mass is 210 g/mol. The largest absolute Gasteiger partial charge is 0.382 e. The number of aromatic amines is 1. The third-order valence-corrected chi connectivity index (χ3v) is 2.59. The molecule has 3 rings (SSSR count). The minimum Gasteiger partial charge on any atom is -0.382 e. The Labute approximate surface area is 92.1 Å². The Morgan fingerprint density at radius 2 is 2.06 bits per heavy atom. The van der Waals surface area contributed by atoms with Crippen molar-refractivity contribution in [2.24, 2.45) is 0 Å². The lowest BCUT2D eigenvalue weighted by molar-refractivity contribution is 1.13. The normalized spacial score (nSPS) is 10.8. The van der Waals surface area contributed by atoms with Crippen LogP contribution in [-0.4, -0.2) is 15.2 Å². The number of nitrogens with two attached hydrogens (primary N) is 1. The van der Waals surface area contributed by atoms with Crippen molar-refractivity contribution in [1.82, 2.24) is 15.2 Å². The number of aromatic nitrogens is 3. The molecule has 0 unspecified atom stereocenters. The summed E-state index contributed by atoms with van der Waals surface area (Å²) in [4.78, 5) is 4.10. The SMILES string of the molecule is Nc1n[nH]c2ccc(-c3cccnc3)cc12. The summed E-state index contributed by atoms with van der Waals surface area (Å²) in [5, 5.41) is 7.79. The number of fused-ring (bicyclic) bond motifs is 1. The molecule has 0 aliphatic carbocycles. The van der Waals surface area contributed by atoms with Gasteiger partial charge in [-0.15, -0.1) is 0 Å². The number of H-pyrrole nitrogens is 1. The van der Waals surface area contributed by atoms with E-state index in [0.717, 1.165) is 22.0 Å². The summed E-state index contributed by atoms with van der Waals surface area (Å²) in [6, 6.07) is 9.95. The first kappa shape index (κ1) is 8.91. The molecule has 0 spiro atoms. The van der Waals surface area contributed by atoms with E-state index in [-0.39, 0.29) is 0 Å². The van der Waals surface area contributed by atoms with Gasteiger partial charge in [0, 0.05) is 23.3 Å². The number of rotatable bonds is 1. The van der Waals surface area contributed by atoms with Crippen LogP contribution in [0.4, 0.5) is 5.82 Å². The lowest BCUT2D eigenvalue weighted by atomic mass is 10.1. The van der Waals surface area contributed by atoms with E-state index in [9.17, 15) is 0 Å². The van der Waals surface area contributed by atoms with Crippen molar-refractivity contribution >= 4 is 16.7 Å². The zero-order valence-electron chi connectivity index (χ0n) is 8.51. The van der Waals surface area contributed by atoms with Gasteiger partial charge in [-0.05, 0) is 23.8 Å². The van der Waals surface area contributed by atoms with Crippen LogP contribution in [0.25, 0.3) is 22.0 Å². The van der Waals surface area contributed by atoms with E-state index in [1.807, 2.05) is 36.5 Å². The number of benzene rings is 1. The molecule has 0 aliphatic rings. The van der Waals surface area contributed by atoms with Crippen molar-refractivity contribution < 1.29 is 0 Å². The minimum absolute atomic E-state index is 0.528. The fraction of sp³-hybridized carbons (Fsp3) is 0. The van der Waals surface area contributed by atoms with Crippen LogP contribution in [0.3, 0.4) is 0 Å². The Bertz CT molecular complexity index is 628. The summed E-state index contributed by atoms with van der Waals surface area (Å²) in [6.07, 6.45) is 3.59. The highest BCUT2D eigenvalue weighted by atomic mass is 15.1. The van der Waals surface area contributed by atoms with Gasteiger partial charge in [0.25, 0.3) is 0 Å². The summed E-state index contributed by atoms with van der Waals surface area (Å²) in [5.41, 5.74) is 8.88. The molecule has 0 radical (unpaired) electrons. The highest BCUT2D eigenvalue weighted by Gasteiger charge is 2.04. The maximum Gasteiger partial charge on any atom is 0.153 e. The fourth-order valence-electron chi connectivity index (χ4n) is 1.75. The average Bonchev–Trinajstić information content (AvgIpc) is 2.72. The van der Waals surface area contributed by atoms with Gasteiger partial charge in [0.15, 0.2) is 5.82 Å². The molecule has 78 valence electrons. The first-order valence-electron chi connectivity index (χ1n) is 4.98. The standard InChI is InChI=1S/C12H10N4/c13-12-10-6-8(3-4-11(10)15-16-12)9-2-1-5-14-7-9/h1-7H,(H3,13,15,16). The summed E-state index contributed by atoms with van der Waals surface area (Å²) >= 11 is 0. The summed E-state index contributed by atoms with van der Waals surface area (Å²) in [7, 11) is 0. The van der Waals surface area contributed by atoms with Crippen LogP contribution in [0.2, 0.25) is 0 Å². The maximum atomic E-state index is 5.77. The minimum atomic E-state index is 0.528. The van der Waals surface area contributed by atoms with Crippen LogP contribution in [0, 0.1) is 0 Å². The smallest absolute Gasteiger partial charge is 0.153 e. The molecule has 3 N–H and O–H groups in total. The zero-order valence-corrected chi connectivity index (χ0v) is 8.51. The van der Waals surface area contributed by atoms with Crippen LogP contribution in [0.1, 0.15) is 0 Å². The summed E-state index contributed by atoms with van der Waals surface area (Å²) < 4.78 is 0. The molecule has 0 atom stereocenters. The van der Waals surface area contributed by atoms with E-state index in [0.29, 0.717) is 5.82 Å². The summed E-state index contributed by atoms with van der Waals surface area (Å²) in [6.45, 7) is 0. The van der Waals surface area contributed by atoms with E-state index in [4.69, 9.17) is 5.73 Å². The molecule has 2 heterocycles. The molecular formula is C12H10N4. The van der Waals surface area contributed by atoms with Gasteiger partial charge in [-0.1, -0.05) is 12.1 Å². The van der Waals surface area contributed by atoms with Crippen LogP contribution < -0.4 is 5.73 Å². The van der Waals surface area contributed by atoms with Crippen LogP contribution in [0.15, 0.2) is 42.7 Å². The quantitative estimate of drug-likeness (QED) is 0.647. The van der Waals surface area contributed by atoms with Gasteiger partial charge in [-0.3, -0.25) is 10.1 Å². The molecule has 3 aromatic rings. The molecular weight excluding hydrogens is 200 g/mol. The lowest BCUT2D eigenvalue weighted by Crippen LogP contribution is -1.84. The van der Waals surface area contributed by atoms with Gasteiger partial charge in [0.1, 0.15) is 0 Å². The molecule has 0 fully saturated rings. The Kier molecular flexibility index (Phi) is 1.86. The van der Waals surface area contributed by atoms with Crippen LogP contribution >= 0.6 is 0 Å². The predicted octanol–water partition coefficient (Wildman–Crippen LogP) is 2.21. The van der Waals surface area contributed by atoms with E-state index in [1.165, 1.54) is 0 Å². The number of nitrogens with zero attached hydrogens (tertiary/aromatic N) is 2. The maximum absolute atomic E-state index is 5.77. The molecule has 0 bridgehead atoms. The van der Waals surface area contributed by atoms with Gasteiger partial charge in [-0.2, -0.15) is 5.10 Å². The van der Waals surface area contributed by atoms with Crippen molar-refractivity contribution in [2.45, 2.75) is 0 Å². The Hall–Kier alpha value is -2.36. The van der Waals surface area contributed by atoms with Gasteiger partial charge in [0.2, 0.25) is 0 Å². The molecule has 2 aromatic heterocycles. The number of pyridine rings is 1. The number of hydrogen-bond acceptors (Lipinski definition) is 3. The first-order valence-corrected chi connectivity index (χ1v) is 4.98. The van der Waals surface area contributed by atoms with E-state index < -0.39 is 0 Å². The topological polar surface area (TPSA) is 67.6 Å². The number of nitrogen functional groups attached to an aromatic ring is 1. The van der Waals surface area contributed by atoms with E-state index in [2.05, 4.69) is 15.2 Å². The Morgan fingerprint density at radius 1 is 1.12 bits per heavy atom. The van der Waals surface area contributed by atoms with Crippen LogP contribution in [0.5, 0.6) is 0 Å². The number of hydrogen-bond donors (Lipinski definition) is 2. The molecule has 0 saturated heterocycles. The Balaban J connectivity index is 2.22. The van der Waals surface area contributed by atoms with Gasteiger partial charge in [-0.25, -0.2) is 0 Å². The Morgan fingerprint density at radius 3 is 2.88 bits per heavy atom. The predicted molar refractivity (Wildman–Crippen MR) is 63.7 cm³/mol. The highest BCUT2D eigenvalue weighted by molar-refractivity contribution is 5.92. The zero-order chi connectivity index (χ0) is 11.0. The second-order valence-corrected chi connectivity index (χ2v) is 3.61. The molecule has 4 nitrogen and oxygen atoms in total. The number of nitrogens with one attached hydrogen (secondary N) is 1. The molecule has 4 heteroatoms. The molecule has 0 saturated carbocycles. The van der Waals surface area contributed by atoms with Gasteiger partial charge in [0.05, 0.1) is 5.52 Å². The van der Waals surface area contributed by atoms with E-state index >= 15 is 0 Å². The second-order valence-electron chi connectivity index (χ2n) is 3.61. The molecule has 16 heavy (non-hydrogen) atoms. The van der Waals surface area contributed by atoms with Crippen molar-refractivity contribution in [3.05, 3.63) is 42.7 Å². The highest BCUT2D eigenvalue weighted by Crippen LogP contribution is 2.25. The number of anilines is 1. The van der Waals surface area contributed by atoms with Crippen molar-refractivity contribution in [3.63, 3.8) is 0 Å². The average molecular weight is 210 g/mol. The lowest BCUT2D eigenvalue weighted by Gasteiger charge is -2.00.